The number of nitrogens with one attached hydrogen (secondary N) is 2. The van der Waals surface area contributed by atoms with E-state index in [-0.39, 0.29) is 58.6 Å². The summed E-state index contributed by atoms with van der Waals surface area (Å²) in [6.45, 7) is -0.00632. The topological polar surface area (TPSA) is 148 Å². The van der Waals surface area contributed by atoms with Gasteiger partial charge in [0, 0.05) is 69.2 Å². The van der Waals surface area contributed by atoms with Crippen molar-refractivity contribution >= 4 is 23.7 Å². The number of anilines is 1. The number of carbonyl (C=O) groups excluding carboxylic acids is 3. The second kappa shape index (κ2) is 15.2. The summed E-state index contributed by atoms with van der Waals surface area (Å²) in [5.41, 5.74) is 0.123. The number of aromatic nitrogens is 4. The molecule has 0 radical (unpaired) electrons. The van der Waals surface area contributed by atoms with E-state index < -0.39 is 102 Å². The molecule has 0 bridgehead atoms. The maximum Gasteiger partial charge on any atom is 0.317 e. The number of urea groups is 1. The molecule has 3 heterocycles. The highest BCUT2D eigenvalue weighted by atomic mass is 19.3. The van der Waals surface area contributed by atoms with E-state index in [9.17, 15) is 45.1 Å². The molecule has 6 rings (SSSR count). The summed E-state index contributed by atoms with van der Waals surface area (Å²) in [4.78, 5) is 48.1. The molecule has 292 valence electrons. The molecule has 4 N–H and O–H groups in total. The zero-order valence-electron chi connectivity index (χ0n) is 28.5. The number of ketones is 1. The fourth-order valence-corrected chi connectivity index (χ4v) is 6.75. The summed E-state index contributed by atoms with van der Waals surface area (Å²) < 4.78 is 131. The summed E-state index contributed by atoms with van der Waals surface area (Å²) >= 11 is 0. The van der Waals surface area contributed by atoms with E-state index in [1.54, 1.807) is 0 Å². The Labute approximate surface area is 306 Å². The molecule has 1 aliphatic heterocycles. The van der Waals surface area contributed by atoms with Gasteiger partial charge >= 0.3 is 6.03 Å². The van der Waals surface area contributed by atoms with Crippen LogP contribution in [0.1, 0.15) is 70.2 Å². The number of primary amides is 1. The van der Waals surface area contributed by atoms with Crippen molar-refractivity contribution in [1.29, 1.82) is 0 Å². The number of fused-ring (bicyclic) bond motifs is 1. The first-order chi connectivity index (χ1) is 25.9. The molecular weight excluding hydrogens is 751 g/mol. The highest BCUT2D eigenvalue weighted by molar-refractivity contribution is 5.94. The average Bonchev–Trinajstić information content (AvgIpc) is 3.71. The molecule has 2 aromatic carbocycles. The molecule has 20 heteroatoms. The van der Waals surface area contributed by atoms with Gasteiger partial charge in [-0.2, -0.15) is 13.9 Å². The van der Waals surface area contributed by atoms with Crippen LogP contribution in [-0.4, -0.2) is 68.5 Å². The molecule has 2 aromatic heterocycles. The number of nitrogens with zero attached hydrogens (tertiary/aromatic N) is 5. The lowest BCUT2D eigenvalue weighted by Crippen LogP contribution is -2.33. The fourth-order valence-electron chi connectivity index (χ4n) is 6.75. The van der Waals surface area contributed by atoms with Crippen molar-refractivity contribution in [2.75, 3.05) is 31.5 Å². The molecule has 3 amide bonds. The van der Waals surface area contributed by atoms with Gasteiger partial charge in [-0.15, -0.1) is 0 Å². The normalized spacial score (nSPS) is 16.5. The van der Waals surface area contributed by atoms with Crippen LogP contribution in [0.3, 0.4) is 0 Å². The van der Waals surface area contributed by atoms with Crippen LogP contribution >= 0.6 is 0 Å². The van der Waals surface area contributed by atoms with Gasteiger partial charge in [0.25, 0.3) is 24.2 Å². The van der Waals surface area contributed by atoms with Crippen molar-refractivity contribution in [3.63, 3.8) is 0 Å². The number of benzene rings is 2. The van der Waals surface area contributed by atoms with Gasteiger partial charge in [-0.1, -0.05) is 6.07 Å². The van der Waals surface area contributed by atoms with Gasteiger partial charge in [-0.05, 0) is 41.8 Å². The van der Waals surface area contributed by atoms with Gasteiger partial charge in [0.2, 0.25) is 5.95 Å². The summed E-state index contributed by atoms with van der Waals surface area (Å²) in [6.07, 6.45) is -6.39. The molecule has 1 fully saturated rings. The Kier molecular flexibility index (Phi) is 10.8. The molecule has 1 atom stereocenters. The first-order valence-corrected chi connectivity index (χ1v) is 16.8. The van der Waals surface area contributed by atoms with Crippen LogP contribution in [0.5, 0.6) is 0 Å². The van der Waals surface area contributed by atoms with Crippen molar-refractivity contribution in [2.24, 2.45) is 5.73 Å². The molecule has 0 saturated carbocycles. The van der Waals surface area contributed by atoms with E-state index in [2.05, 4.69) is 25.7 Å². The third-order valence-electron chi connectivity index (χ3n) is 9.21. The minimum absolute atomic E-state index is 0.0195. The summed E-state index contributed by atoms with van der Waals surface area (Å²) in [5.74, 6) is -14.6. The highest BCUT2D eigenvalue weighted by Gasteiger charge is 2.55. The molecule has 11 nitrogen and oxygen atoms in total. The van der Waals surface area contributed by atoms with Gasteiger partial charge in [0.15, 0.2) is 5.78 Å². The van der Waals surface area contributed by atoms with E-state index in [1.807, 2.05) is 0 Å². The lowest BCUT2D eigenvalue weighted by Gasteiger charge is -2.29. The number of carbonyl (C=O) groups is 3. The average molecular weight is 783 g/mol. The van der Waals surface area contributed by atoms with Gasteiger partial charge in [0.05, 0.1) is 16.8 Å². The summed E-state index contributed by atoms with van der Waals surface area (Å²) in [5, 5.41) is 8.90. The van der Waals surface area contributed by atoms with Crippen LogP contribution in [0, 0.1) is 17.5 Å². The quantitative estimate of drug-likeness (QED) is 0.129. The second-order valence-electron chi connectivity index (χ2n) is 13.1. The van der Waals surface area contributed by atoms with Crippen LogP contribution in [0.15, 0.2) is 42.6 Å². The number of alkyl halides is 6. The van der Waals surface area contributed by atoms with Gasteiger partial charge in [-0.25, -0.2) is 45.5 Å². The zero-order valence-corrected chi connectivity index (χ0v) is 28.5. The minimum Gasteiger partial charge on any atom is -0.366 e. The Balaban J connectivity index is 1.42. The van der Waals surface area contributed by atoms with Crippen LogP contribution in [0.25, 0.3) is 11.1 Å². The van der Waals surface area contributed by atoms with Crippen molar-refractivity contribution in [1.82, 2.24) is 30.0 Å². The Hall–Kier alpha value is -5.69. The lowest BCUT2D eigenvalue weighted by atomic mass is 9.86. The molecule has 0 spiro atoms. The molecule has 1 aliphatic carbocycles. The first kappa shape index (κ1) is 39.0. The van der Waals surface area contributed by atoms with Crippen LogP contribution in [0.2, 0.25) is 0 Å². The molecular formula is C35H31F9N8O3. The molecule has 4 aromatic rings. The van der Waals surface area contributed by atoms with Crippen molar-refractivity contribution in [2.45, 2.75) is 56.4 Å². The zero-order chi connectivity index (χ0) is 39.8. The monoisotopic (exact) mass is 782 g/mol. The smallest absolute Gasteiger partial charge is 0.317 e. The Morgan fingerprint density at radius 2 is 1.69 bits per heavy atom. The molecule has 2 aliphatic rings. The predicted octanol–water partition coefficient (Wildman–Crippen LogP) is 6.19. The van der Waals surface area contributed by atoms with Crippen LogP contribution in [-0.2, 0) is 29.6 Å². The Bertz CT molecular complexity index is 2130. The Morgan fingerprint density at radius 1 is 0.982 bits per heavy atom. The Morgan fingerprint density at radius 3 is 2.35 bits per heavy atom. The highest BCUT2D eigenvalue weighted by Crippen LogP contribution is 2.52. The second-order valence-corrected chi connectivity index (χ2v) is 13.1. The number of amides is 3. The third-order valence-corrected chi connectivity index (χ3v) is 9.21. The van der Waals surface area contributed by atoms with Crippen molar-refractivity contribution < 1.29 is 53.9 Å². The number of halogens is 9. The number of hydrogen-bond donors (Lipinski definition) is 3. The van der Waals surface area contributed by atoms with E-state index in [0.717, 1.165) is 24.3 Å². The maximum atomic E-state index is 15.1. The van der Waals surface area contributed by atoms with Crippen LogP contribution < -0.4 is 16.4 Å². The molecule has 0 unspecified atom stereocenters. The minimum atomic E-state index is -4.09. The number of nitrogens with two attached hydrogens (primary N) is 1. The van der Waals surface area contributed by atoms with Gasteiger partial charge in [0.1, 0.15) is 35.4 Å². The molecule has 1 saturated heterocycles. The summed E-state index contributed by atoms with van der Waals surface area (Å²) in [7, 11) is 0. The van der Waals surface area contributed by atoms with Gasteiger partial charge in [-0.3, -0.25) is 14.3 Å². The van der Waals surface area contributed by atoms with Crippen molar-refractivity contribution in [3.05, 3.63) is 93.8 Å². The third kappa shape index (κ3) is 8.36. The fraction of sp³-hybridized carbons (Fsp3) is 0.371. The van der Waals surface area contributed by atoms with E-state index in [1.165, 1.54) is 17.2 Å². The number of hydrogen-bond acceptors (Lipinski definition) is 7. The van der Waals surface area contributed by atoms with Crippen LogP contribution in [0.4, 0.5) is 50.3 Å². The first-order valence-electron chi connectivity index (χ1n) is 16.8. The summed E-state index contributed by atoms with van der Waals surface area (Å²) in [6, 6.07) is 5.41. The maximum absolute atomic E-state index is 15.1. The van der Waals surface area contributed by atoms with E-state index >= 15 is 8.78 Å². The van der Waals surface area contributed by atoms with E-state index in [0.29, 0.717) is 19.2 Å². The standard InChI is InChI=1S/C35H31F9N8O3/c36-20-10-17(11-21(37)14-20)9-19(12-22(53)16-52-29-26(28(50-52)30(39)40)34(41,42)3-4-35(29,43)44)27-24(18-1-2-25(38)23(13-18)31(45)54)15-48-32(49-27)46-5-7-51-8-6-47-33(51)55/h1-2,10-11,13-15,19,30H,3-9,12,16H2,(H2,45,54)(H,47,55)(H,46,48,49)/t19-/m1/s1. The largest absolute Gasteiger partial charge is 0.366 e. The predicted molar refractivity (Wildman–Crippen MR) is 176 cm³/mol. The lowest BCUT2D eigenvalue weighted by molar-refractivity contribution is -0.121. The number of rotatable bonds is 14. The number of Topliss-reactive ketones (excluding diaryl/α,β-unsaturated/α-hetero) is 1. The van der Waals surface area contributed by atoms with Gasteiger partial charge < -0.3 is 21.3 Å². The molecule has 55 heavy (non-hydrogen) atoms. The van der Waals surface area contributed by atoms with E-state index in [4.69, 9.17) is 5.73 Å². The SMILES string of the molecule is NC(=O)c1cc(-c2cnc(NCCN3CCNC3=O)nc2[C@@H](CC(=O)Cn2nc(C(F)F)c3c2C(F)(F)CCC3(F)F)Cc2cc(F)cc(F)c2)ccc1F. The van der Waals surface area contributed by atoms with Crippen molar-refractivity contribution in [3.8, 4) is 11.1 Å².